The summed E-state index contributed by atoms with van der Waals surface area (Å²) in [6.07, 6.45) is 0. The molecule has 0 aliphatic carbocycles. The lowest BCUT2D eigenvalue weighted by atomic mass is 9.88. The second-order valence-electron chi connectivity index (χ2n) is 3.87. The van der Waals surface area contributed by atoms with Crippen molar-refractivity contribution in [1.29, 1.82) is 0 Å². The van der Waals surface area contributed by atoms with Gasteiger partial charge >= 0.3 is 0 Å². The summed E-state index contributed by atoms with van der Waals surface area (Å²) in [7, 11) is 0. The predicted molar refractivity (Wildman–Crippen MR) is 64.8 cm³/mol. The monoisotopic (exact) mass is 230 g/mol. The first-order valence-corrected chi connectivity index (χ1v) is 5.24. The van der Waals surface area contributed by atoms with E-state index in [1.165, 1.54) is 13.8 Å². The number of hydrogen-bond donors (Lipinski definition) is 0. The Bertz CT molecular complexity index is 458. The Morgan fingerprint density at radius 1 is 1.00 bits per heavy atom. The number of allylic oxidation sites excluding steroid dienone is 1. The van der Waals surface area contributed by atoms with Gasteiger partial charge in [0.05, 0.1) is 0 Å². The summed E-state index contributed by atoms with van der Waals surface area (Å²) in [5.74, 6) is -2.10. The van der Waals surface area contributed by atoms with E-state index in [9.17, 15) is 14.4 Å². The number of ketones is 3. The summed E-state index contributed by atoms with van der Waals surface area (Å²) in [6.45, 7) is 6.16. The van der Waals surface area contributed by atoms with Gasteiger partial charge in [-0.2, -0.15) is 0 Å². The van der Waals surface area contributed by atoms with Gasteiger partial charge in [0.1, 0.15) is 17.5 Å². The van der Waals surface area contributed by atoms with Crippen molar-refractivity contribution >= 4 is 17.3 Å². The molecule has 0 fully saturated rings. The highest BCUT2D eigenvalue weighted by atomic mass is 16.2. The Labute approximate surface area is 100 Å². The minimum atomic E-state index is -1.03. The first-order valence-electron chi connectivity index (χ1n) is 5.24. The zero-order valence-corrected chi connectivity index (χ0v) is 9.90. The molecule has 1 aromatic rings. The molecule has 1 rings (SSSR count). The van der Waals surface area contributed by atoms with Gasteiger partial charge in [0.15, 0.2) is 5.78 Å². The van der Waals surface area contributed by atoms with Crippen LogP contribution in [0.2, 0.25) is 0 Å². The Hall–Kier alpha value is -2.03. The minimum Gasteiger partial charge on any atom is -0.299 e. The second-order valence-corrected chi connectivity index (χ2v) is 3.87. The first kappa shape index (κ1) is 13.0. The van der Waals surface area contributed by atoms with Gasteiger partial charge in [-0.05, 0) is 13.8 Å². The lowest BCUT2D eigenvalue weighted by Gasteiger charge is -2.12. The smallest absolute Gasteiger partial charge is 0.189 e. The molecule has 0 atom stereocenters. The normalized spacial score (nSPS) is 10.1. The first-order chi connectivity index (χ1) is 7.95. The van der Waals surface area contributed by atoms with Gasteiger partial charge in [0.2, 0.25) is 0 Å². The van der Waals surface area contributed by atoms with Crippen LogP contribution in [-0.2, 0) is 9.59 Å². The molecule has 0 aliphatic heterocycles. The molecule has 3 nitrogen and oxygen atoms in total. The maximum Gasteiger partial charge on any atom is 0.189 e. The topological polar surface area (TPSA) is 51.2 Å². The van der Waals surface area contributed by atoms with Crippen LogP contribution < -0.4 is 0 Å². The molecule has 1 aromatic carbocycles. The van der Waals surface area contributed by atoms with Crippen molar-refractivity contribution in [3.05, 3.63) is 48.0 Å². The van der Waals surface area contributed by atoms with Crippen LogP contribution in [0.1, 0.15) is 24.2 Å². The largest absolute Gasteiger partial charge is 0.299 e. The summed E-state index contributed by atoms with van der Waals surface area (Å²) in [5, 5.41) is 0. The average Bonchev–Trinajstić information content (AvgIpc) is 2.28. The van der Waals surface area contributed by atoms with Gasteiger partial charge in [0.25, 0.3) is 0 Å². The van der Waals surface area contributed by atoms with Crippen LogP contribution in [0, 0.1) is 5.92 Å². The molecular weight excluding hydrogens is 216 g/mol. The van der Waals surface area contributed by atoms with Crippen molar-refractivity contribution in [2.24, 2.45) is 5.92 Å². The molecular formula is C14H14O3. The lowest BCUT2D eigenvalue weighted by Crippen LogP contribution is -2.25. The highest BCUT2D eigenvalue weighted by molar-refractivity contribution is 6.17. The molecule has 0 spiro atoms. The van der Waals surface area contributed by atoms with E-state index in [-0.39, 0.29) is 22.9 Å². The van der Waals surface area contributed by atoms with E-state index >= 15 is 0 Å². The van der Waals surface area contributed by atoms with E-state index in [0.29, 0.717) is 5.56 Å². The number of Topliss-reactive ketones (excluding diaryl/α,β-unsaturated/α-hetero) is 3. The van der Waals surface area contributed by atoms with Crippen LogP contribution in [0.3, 0.4) is 0 Å². The quantitative estimate of drug-likeness (QED) is 0.442. The third kappa shape index (κ3) is 2.97. The lowest BCUT2D eigenvalue weighted by molar-refractivity contribution is -0.128. The van der Waals surface area contributed by atoms with Crippen molar-refractivity contribution < 1.29 is 14.4 Å². The Balaban J connectivity index is 3.01. The van der Waals surface area contributed by atoms with Gasteiger partial charge < -0.3 is 0 Å². The molecule has 0 heterocycles. The van der Waals surface area contributed by atoms with Crippen LogP contribution in [-0.4, -0.2) is 17.3 Å². The van der Waals surface area contributed by atoms with E-state index in [1.807, 2.05) is 0 Å². The molecule has 0 aromatic heterocycles. The van der Waals surface area contributed by atoms with E-state index in [1.54, 1.807) is 30.3 Å². The van der Waals surface area contributed by atoms with Crippen molar-refractivity contribution in [3.8, 4) is 0 Å². The molecule has 0 saturated carbocycles. The predicted octanol–water partition coefficient (Wildman–Crippen LogP) is 2.22. The van der Waals surface area contributed by atoms with Crippen LogP contribution in [0.4, 0.5) is 0 Å². The van der Waals surface area contributed by atoms with Gasteiger partial charge in [0, 0.05) is 11.1 Å². The summed E-state index contributed by atoms with van der Waals surface area (Å²) in [6, 6.07) is 8.48. The molecule has 0 aliphatic rings. The SMILES string of the molecule is C=C(C(=O)c1ccccc1)C(C(C)=O)C(C)=O. The standard InChI is InChI=1S/C14H14O3/c1-9(13(10(2)15)11(3)16)14(17)12-7-5-4-6-8-12/h4-8,13H,1H2,2-3H3. The number of hydrogen-bond acceptors (Lipinski definition) is 3. The Morgan fingerprint density at radius 3 is 1.88 bits per heavy atom. The maximum atomic E-state index is 12.0. The molecule has 0 bridgehead atoms. The van der Waals surface area contributed by atoms with Gasteiger partial charge in [-0.1, -0.05) is 36.9 Å². The van der Waals surface area contributed by atoms with Crippen LogP contribution >= 0.6 is 0 Å². The zero-order chi connectivity index (χ0) is 13.0. The second kappa shape index (κ2) is 5.34. The Morgan fingerprint density at radius 2 is 1.47 bits per heavy atom. The summed E-state index contributed by atoms with van der Waals surface area (Å²) < 4.78 is 0. The third-order valence-electron chi connectivity index (χ3n) is 2.49. The number of carbonyl (C=O) groups is 3. The number of carbonyl (C=O) groups excluding carboxylic acids is 3. The summed E-state index contributed by atoms with van der Waals surface area (Å²) >= 11 is 0. The van der Waals surface area contributed by atoms with Crippen molar-refractivity contribution in [2.45, 2.75) is 13.8 Å². The average molecular weight is 230 g/mol. The molecule has 0 radical (unpaired) electrons. The highest BCUT2D eigenvalue weighted by Gasteiger charge is 2.27. The van der Waals surface area contributed by atoms with Gasteiger partial charge in [-0.25, -0.2) is 0 Å². The van der Waals surface area contributed by atoms with E-state index in [4.69, 9.17) is 0 Å². The summed E-state index contributed by atoms with van der Waals surface area (Å²) in [4.78, 5) is 34.6. The van der Waals surface area contributed by atoms with Crippen LogP contribution in [0.25, 0.3) is 0 Å². The van der Waals surface area contributed by atoms with Crippen LogP contribution in [0.15, 0.2) is 42.5 Å². The molecule has 88 valence electrons. The summed E-state index contributed by atoms with van der Waals surface area (Å²) in [5.41, 5.74) is 0.473. The molecule has 0 saturated heterocycles. The fourth-order valence-corrected chi connectivity index (χ4v) is 1.68. The van der Waals surface area contributed by atoms with Gasteiger partial charge in [-0.3, -0.25) is 14.4 Å². The highest BCUT2D eigenvalue weighted by Crippen LogP contribution is 2.17. The molecule has 0 N–H and O–H groups in total. The van der Waals surface area contributed by atoms with E-state index in [2.05, 4.69) is 6.58 Å². The minimum absolute atomic E-state index is 0.0381. The number of benzene rings is 1. The molecule has 17 heavy (non-hydrogen) atoms. The van der Waals surface area contributed by atoms with Crippen molar-refractivity contribution in [3.63, 3.8) is 0 Å². The third-order valence-corrected chi connectivity index (χ3v) is 2.49. The van der Waals surface area contributed by atoms with Crippen molar-refractivity contribution in [2.75, 3.05) is 0 Å². The molecule has 0 amide bonds. The zero-order valence-electron chi connectivity index (χ0n) is 9.90. The fraction of sp³-hybridized carbons (Fsp3) is 0.214. The number of rotatable bonds is 5. The van der Waals surface area contributed by atoms with Crippen molar-refractivity contribution in [1.82, 2.24) is 0 Å². The maximum absolute atomic E-state index is 12.0. The Kier molecular flexibility index (Phi) is 4.10. The van der Waals surface area contributed by atoms with E-state index in [0.717, 1.165) is 0 Å². The fourth-order valence-electron chi connectivity index (χ4n) is 1.68. The van der Waals surface area contributed by atoms with E-state index < -0.39 is 5.92 Å². The van der Waals surface area contributed by atoms with Crippen LogP contribution in [0.5, 0.6) is 0 Å². The molecule has 3 heteroatoms. The van der Waals surface area contributed by atoms with Gasteiger partial charge in [-0.15, -0.1) is 0 Å². The molecule has 0 unspecified atom stereocenters.